The van der Waals surface area contributed by atoms with Crippen molar-refractivity contribution in [2.24, 2.45) is 23.7 Å². The van der Waals surface area contributed by atoms with Gasteiger partial charge in [-0.25, -0.2) is 0 Å². The van der Waals surface area contributed by atoms with Gasteiger partial charge in [0.05, 0.1) is 0 Å². The zero-order valence-electron chi connectivity index (χ0n) is 31.0. The second-order valence-corrected chi connectivity index (χ2v) is 20.0. The molecular weight excluding hydrogens is 690 g/mol. The van der Waals surface area contributed by atoms with Gasteiger partial charge in [-0.3, -0.25) is 4.98 Å². The molecule has 3 nitrogen and oxygen atoms in total. The SMILES string of the molecule is O=P(C1=CCCC=C1)(c1ccccc1)c1ccc(-c2cccc3oc4c(c23)C=CCC4c2ccc3c(c2)-c2ccncc2C32C3CC4CC(C3)CC2C4)cc1. The summed E-state index contributed by atoms with van der Waals surface area (Å²) in [5, 5.41) is 3.83. The lowest BCUT2D eigenvalue weighted by Crippen LogP contribution is -2.55. The second kappa shape index (κ2) is 12.0. The Bertz CT molecular complexity index is 2650. The number of hydrogen-bond acceptors (Lipinski definition) is 3. The van der Waals surface area contributed by atoms with Crippen LogP contribution in [0.2, 0.25) is 0 Å². The van der Waals surface area contributed by atoms with Crippen LogP contribution in [0.4, 0.5) is 0 Å². The Labute approximate surface area is 323 Å². The van der Waals surface area contributed by atoms with Gasteiger partial charge in [-0.15, -0.1) is 0 Å². The summed E-state index contributed by atoms with van der Waals surface area (Å²) in [5.74, 6) is 4.51. The summed E-state index contributed by atoms with van der Waals surface area (Å²) in [6.45, 7) is 0. The van der Waals surface area contributed by atoms with Crippen molar-refractivity contribution in [3.05, 3.63) is 167 Å². The highest BCUT2D eigenvalue weighted by molar-refractivity contribution is 7.82. The summed E-state index contributed by atoms with van der Waals surface area (Å²) in [5.41, 5.74) is 11.7. The van der Waals surface area contributed by atoms with Gasteiger partial charge in [-0.1, -0.05) is 115 Å². The molecule has 2 unspecified atom stereocenters. The summed E-state index contributed by atoms with van der Waals surface area (Å²) in [6, 6.07) is 34.7. The number of rotatable bonds is 5. The van der Waals surface area contributed by atoms with E-state index >= 15 is 4.57 Å². The van der Waals surface area contributed by atoms with Crippen molar-refractivity contribution in [1.82, 2.24) is 4.98 Å². The molecule has 0 aliphatic heterocycles. The molecule has 0 amide bonds. The molecule has 4 fully saturated rings. The Morgan fingerprint density at radius 1 is 0.691 bits per heavy atom. The number of aromatic nitrogens is 1. The largest absolute Gasteiger partial charge is 0.460 e. The minimum absolute atomic E-state index is 0.130. The van der Waals surface area contributed by atoms with Gasteiger partial charge < -0.3 is 8.98 Å². The van der Waals surface area contributed by atoms with Crippen LogP contribution >= 0.6 is 7.14 Å². The van der Waals surface area contributed by atoms with Gasteiger partial charge in [0.2, 0.25) is 0 Å². The Balaban J connectivity index is 0.936. The molecule has 4 saturated carbocycles. The smallest absolute Gasteiger partial charge is 0.170 e. The topological polar surface area (TPSA) is 43.1 Å². The number of benzene rings is 4. The minimum atomic E-state index is -3.01. The maximum absolute atomic E-state index is 15.1. The van der Waals surface area contributed by atoms with Gasteiger partial charge >= 0.3 is 0 Å². The Morgan fingerprint density at radius 2 is 1.49 bits per heavy atom. The highest BCUT2D eigenvalue weighted by Crippen LogP contribution is 2.69. The zero-order valence-corrected chi connectivity index (χ0v) is 31.9. The Hall–Kier alpha value is -4.98. The molecule has 13 rings (SSSR count). The van der Waals surface area contributed by atoms with Gasteiger partial charge in [0.25, 0.3) is 0 Å². The molecule has 6 aromatic rings. The molecule has 2 heterocycles. The highest BCUT2D eigenvalue weighted by atomic mass is 31.2. The van der Waals surface area contributed by atoms with Crippen molar-refractivity contribution < 1.29 is 8.98 Å². The monoisotopic (exact) mass is 733 g/mol. The number of pyridine rings is 1. The molecule has 1 spiro atoms. The van der Waals surface area contributed by atoms with Crippen molar-refractivity contribution in [1.29, 1.82) is 0 Å². The van der Waals surface area contributed by atoms with Crippen LogP contribution in [-0.2, 0) is 9.98 Å². The van der Waals surface area contributed by atoms with E-state index in [2.05, 4.69) is 103 Å². The average molecular weight is 734 g/mol. The Kier molecular flexibility index (Phi) is 7.05. The van der Waals surface area contributed by atoms with Crippen LogP contribution in [0.15, 0.2) is 143 Å². The van der Waals surface area contributed by atoms with E-state index in [0.29, 0.717) is 0 Å². The van der Waals surface area contributed by atoms with E-state index in [-0.39, 0.29) is 11.3 Å². The van der Waals surface area contributed by atoms with Crippen molar-refractivity contribution >= 4 is 34.8 Å². The van der Waals surface area contributed by atoms with Gasteiger partial charge in [-0.05, 0) is 126 Å². The molecule has 2 aromatic heterocycles. The van der Waals surface area contributed by atoms with Crippen LogP contribution in [0, 0.1) is 23.7 Å². The van der Waals surface area contributed by atoms with Gasteiger partial charge in [0.1, 0.15) is 11.3 Å². The third-order valence-corrected chi connectivity index (χ3v) is 17.7. The summed E-state index contributed by atoms with van der Waals surface area (Å²) in [7, 11) is -3.01. The van der Waals surface area contributed by atoms with Crippen LogP contribution in [0.25, 0.3) is 39.3 Å². The third kappa shape index (κ3) is 4.51. The van der Waals surface area contributed by atoms with Crippen LogP contribution in [0.3, 0.4) is 0 Å². The number of fused-ring (bicyclic) bond motifs is 6. The van der Waals surface area contributed by atoms with Crippen molar-refractivity contribution in [3.63, 3.8) is 0 Å². The number of hydrogen-bond donors (Lipinski definition) is 0. The summed E-state index contributed by atoms with van der Waals surface area (Å²) >= 11 is 0. The molecule has 0 saturated heterocycles. The molecule has 55 heavy (non-hydrogen) atoms. The van der Waals surface area contributed by atoms with Gasteiger partial charge in [0.15, 0.2) is 7.14 Å². The predicted octanol–water partition coefficient (Wildman–Crippen LogP) is 12.3. The van der Waals surface area contributed by atoms with Crippen LogP contribution in [0.5, 0.6) is 0 Å². The van der Waals surface area contributed by atoms with Crippen LogP contribution < -0.4 is 10.6 Å². The first-order valence-electron chi connectivity index (χ1n) is 20.6. The maximum Gasteiger partial charge on any atom is 0.170 e. The summed E-state index contributed by atoms with van der Waals surface area (Å²) in [4.78, 5) is 4.75. The van der Waals surface area contributed by atoms with E-state index in [1.807, 2.05) is 36.5 Å². The molecule has 0 radical (unpaired) electrons. The predicted molar refractivity (Wildman–Crippen MR) is 224 cm³/mol. The molecule has 4 aromatic carbocycles. The lowest BCUT2D eigenvalue weighted by atomic mass is 9.43. The molecule has 4 bridgehead atoms. The highest BCUT2D eigenvalue weighted by Gasteiger charge is 2.61. The quantitative estimate of drug-likeness (QED) is 0.166. The van der Waals surface area contributed by atoms with Crippen LogP contribution in [0.1, 0.15) is 85.3 Å². The van der Waals surface area contributed by atoms with E-state index in [9.17, 15) is 0 Å². The standard InChI is InChI=1S/C51H44NO2P/c53-55(38-9-3-1-4-10-38,39-11-5-2-6-12-39)40-20-17-34(18-21-40)41-13-8-16-48-49(41)44-15-7-14-42(50(44)54-48)35-19-22-46-45(30-35)43-23-24-52-31-47(43)51(46)36-26-32-25-33(28-36)29-37(51)27-32/h1,3-5,7-13,15-24,30-33,36-37,42H,2,6,14,25-29H2. The normalized spacial score (nSPS) is 27.9. The van der Waals surface area contributed by atoms with E-state index in [4.69, 9.17) is 9.40 Å². The molecule has 0 N–H and O–H groups in total. The molecule has 2 atom stereocenters. The van der Waals surface area contributed by atoms with Gasteiger partial charge in [-0.2, -0.15) is 0 Å². The maximum atomic E-state index is 15.1. The number of furan rings is 1. The van der Waals surface area contributed by atoms with Gasteiger partial charge in [0, 0.05) is 50.6 Å². The van der Waals surface area contributed by atoms with E-state index in [0.717, 1.165) is 86.7 Å². The number of allylic oxidation sites excluding steroid dienone is 5. The Morgan fingerprint density at radius 3 is 2.27 bits per heavy atom. The molecule has 270 valence electrons. The van der Waals surface area contributed by atoms with Crippen LogP contribution in [-0.4, -0.2) is 4.98 Å². The lowest BCUT2D eigenvalue weighted by molar-refractivity contribution is -0.0400. The molecule has 4 heteroatoms. The second-order valence-electron chi connectivity index (χ2n) is 17.2. The van der Waals surface area contributed by atoms with E-state index < -0.39 is 7.14 Å². The van der Waals surface area contributed by atoms with E-state index in [1.54, 1.807) is 5.56 Å². The first-order valence-corrected chi connectivity index (χ1v) is 22.3. The minimum Gasteiger partial charge on any atom is -0.460 e. The molecule has 7 aliphatic rings. The molecular formula is C51H44NO2P. The fourth-order valence-electron chi connectivity index (χ4n) is 12.6. The first-order chi connectivity index (χ1) is 27.1. The lowest BCUT2D eigenvalue weighted by Gasteiger charge is -2.61. The third-order valence-electron chi connectivity index (χ3n) is 14.6. The van der Waals surface area contributed by atoms with Crippen molar-refractivity contribution in [2.75, 3.05) is 0 Å². The zero-order chi connectivity index (χ0) is 36.3. The van der Waals surface area contributed by atoms with Crippen molar-refractivity contribution in [2.45, 2.75) is 62.7 Å². The van der Waals surface area contributed by atoms with Crippen molar-refractivity contribution in [3.8, 4) is 22.3 Å². The first kappa shape index (κ1) is 32.3. The average Bonchev–Trinajstić information content (AvgIpc) is 3.77. The fourth-order valence-corrected chi connectivity index (χ4v) is 15.4. The summed E-state index contributed by atoms with van der Waals surface area (Å²) in [6.07, 6.45) is 25.1. The number of nitrogens with zero attached hydrogens (tertiary/aromatic N) is 1. The summed E-state index contributed by atoms with van der Waals surface area (Å²) < 4.78 is 22.0. The fraction of sp³-hybridized carbons (Fsp3) is 0.275. The molecule has 7 aliphatic carbocycles. The van der Waals surface area contributed by atoms with E-state index in [1.165, 1.54) is 59.9 Å².